The van der Waals surface area contributed by atoms with Crippen LogP contribution in [-0.2, 0) is 19.0 Å². The Balaban J connectivity index is 1.28. The summed E-state index contributed by atoms with van der Waals surface area (Å²) in [6, 6.07) is 8.67. The molecule has 5 atom stereocenters. The van der Waals surface area contributed by atoms with Crippen LogP contribution in [0.25, 0.3) is 11.0 Å². The lowest BCUT2D eigenvalue weighted by atomic mass is 10.0. The van der Waals surface area contributed by atoms with Crippen LogP contribution in [-0.4, -0.2) is 63.6 Å². The summed E-state index contributed by atoms with van der Waals surface area (Å²) in [7, 11) is 0. The Bertz CT molecular complexity index is 1380. The monoisotopic (exact) mass is 537 g/mol. The molecule has 0 unspecified atom stereocenters. The third-order valence-electron chi connectivity index (χ3n) is 7.68. The number of anilines is 1. The lowest BCUT2D eigenvalue weighted by Crippen LogP contribution is -2.27. The topological polar surface area (TPSA) is 109 Å². The van der Waals surface area contributed by atoms with Crippen molar-refractivity contribution in [2.45, 2.75) is 44.6 Å². The number of esters is 2. The molecule has 3 fully saturated rings. The zero-order chi connectivity index (χ0) is 26.4. The molecule has 1 aliphatic carbocycles. The zero-order valence-electron chi connectivity index (χ0n) is 21.0. The number of hydrogen-bond donors (Lipinski definition) is 0. The van der Waals surface area contributed by atoms with Crippen molar-refractivity contribution in [1.29, 1.82) is 0 Å². The molecule has 2 aromatic heterocycles. The van der Waals surface area contributed by atoms with Gasteiger partial charge < -0.3 is 19.1 Å². The van der Waals surface area contributed by atoms with Crippen molar-refractivity contribution in [2.24, 2.45) is 11.8 Å². The second-order valence-corrected chi connectivity index (χ2v) is 10.4. The molecule has 38 heavy (non-hydrogen) atoms. The molecule has 3 aliphatic rings. The maximum absolute atomic E-state index is 12.5. The van der Waals surface area contributed by atoms with Gasteiger partial charge in [-0.15, -0.1) is 0 Å². The van der Waals surface area contributed by atoms with Gasteiger partial charge in [0.1, 0.15) is 18.5 Å². The highest BCUT2D eigenvalue weighted by Crippen LogP contribution is 2.42. The fraction of sp³-hybridized carbons (Fsp3) is 0.444. The molecule has 2 aliphatic heterocycles. The predicted molar refractivity (Wildman–Crippen MR) is 139 cm³/mol. The molecule has 2 saturated heterocycles. The Morgan fingerprint density at radius 2 is 1.89 bits per heavy atom. The lowest BCUT2D eigenvalue weighted by molar-refractivity contribution is -0.151. The van der Waals surface area contributed by atoms with Crippen molar-refractivity contribution < 1.29 is 23.8 Å². The van der Waals surface area contributed by atoms with Gasteiger partial charge in [-0.3, -0.25) is 4.79 Å². The first-order valence-corrected chi connectivity index (χ1v) is 13.2. The molecule has 198 valence electrons. The normalized spacial score (nSPS) is 26.6. The van der Waals surface area contributed by atoms with Crippen LogP contribution < -0.4 is 4.90 Å². The number of ether oxygens (including phenoxy) is 3. The Kier molecular flexibility index (Phi) is 6.53. The molecule has 10 nitrogen and oxygen atoms in total. The van der Waals surface area contributed by atoms with Crippen LogP contribution in [0.3, 0.4) is 0 Å². The first-order chi connectivity index (χ1) is 18.4. The summed E-state index contributed by atoms with van der Waals surface area (Å²) in [4.78, 5) is 35.7. The van der Waals surface area contributed by atoms with Gasteiger partial charge in [0.2, 0.25) is 5.28 Å². The smallest absolute Gasteiger partial charge is 0.338 e. The molecular weight excluding hydrogens is 510 g/mol. The fourth-order valence-electron chi connectivity index (χ4n) is 5.87. The Morgan fingerprint density at radius 1 is 1.16 bits per heavy atom. The van der Waals surface area contributed by atoms with Gasteiger partial charge >= 0.3 is 11.9 Å². The van der Waals surface area contributed by atoms with E-state index >= 15 is 0 Å². The van der Waals surface area contributed by atoms with Crippen molar-refractivity contribution in [3.63, 3.8) is 0 Å². The average Bonchev–Trinajstić information content (AvgIpc) is 3.67. The molecule has 0 radical (unpaired) electrons. The summed E-state index contributed by atoms with van der Waals surface area (Å²) >= 11 is 6.39. The summed E-state index contributed by atoms with van der Waals surface area (Å²) in [5.74, 6) is 1.10. The van der Waals surface area contributed by atoms with Gasteiger partial charge in [0.25, 0.3) is 0 Å². The standard InChI is InChI=1S/C27H28ClN5O5/c1-15-21(14-36-26(35)17-7-4-3-5-8-17)38-25(22(15)37-16(2)34)33-24-20(11-29-33)23(30-27(28)31-24)32-12-18-9-6-10-19(18)13-32/h3-5,7-8,11,18-19,21-22,25H,1,6,9-10,12-14H2,2H3/t18-,19+,21-,22-,25-/m1/s1. The van der Waals surface area contributed by atoms with E-state index in [1.165, 1.54) is 26.2 Å². The number of benzene rings is 1. The van der Waals surface area contributed by atoms with Crippen molar-refractivity contribution >= 4 is 40.4 Å². The highest BCUT2D eigenvalue weighted by Gasteiger charge is 2.44. The highest BCUT2D eigenvalue weighted by molar-refractivity contribution is 6.28. The zero-order valence-corrected chi connectivity index (χ0v) is 21.7. The van der Waals surface area contributed by atoms with Crippen molar-refractivity contribution in [3.8, 4) is 0 Å². The van der Waals surface area contributed by atoms with E-state index in [-0.39, 0.29) is 11.9 Å². The van der Waals surface area contributed by atoms with Gasteiger partial charge in [0.05, 0.1) is 17.1 Å². The molecule has 1 saturated carbocycles. The molecular formula is C27H28ClN5O5. The molecule has 4 heterocycles. The first kappa shape index (κ1) is 24.8. The number of fused-ring (bicyclic) bond motifs is 2. The van der Waals surface area contributed by atoms with Crippen molar-refractivity contribution in [1.82, 2.24) is 19.7 Å². The average molecular weight is 538 g/mol. The maximum Gasteiger partial charge on any atom is 0.338 e. The van der Waals surface area contributed by atoms with Gasteiger partial charge in [-0.25, -0.2) is 9.48 Å². The summed E-state index contributed by atoms with van der Waals surface area (Å²) in [6.07, 6.45) is 2.99. The van der Waals surface area contributed by atoms with Crippen LogP contribution in [0.1, 0.15) is 42.8 Å². The van der Waals surface area contributed by atoms with Gasteiger partial charge in [0, 0.05) is 20.0 Å². The minimum atomic E-state index is -0.874. The van der Waals surface area contributed by atoms with Gasteiger partial charge in [-0.2, -0.15) is 15.1 Å². The van der Waals surface area contributed by atoms with E-state index in [4.69, 9.17) is 25.8 Å². The summed E-state index contributed by atoms with van der Waals surface area (Å²) < 4.78 is 18.8. The molecule has 0 spiro atoms. The fourth-order valence-corrected chi connectivity index (χ4v) is 6.03. The Morgan fingerprint density at radius 3 is 2.61 bits per heavy atom. The van der Waals surface area contributed by atoms with E-state index < -0.39 is 30.4 Å². The third-order valence-corrected chi connectivity index (χ3v) is 7.85. The van der Waals surface area contributed by atoms with Gasteiger partial charge in [-0.05, 0) is 54.0 Å². The van der Waals surface area contributed by atoms with Crippen LogP contribution in [0.5, 0.6) is 0 Å². The Labute approximate surface area is 224 Å². The summed E-state index contributed by atoms with van der Waals surface area (Å²) in [6.45, 7) is 7.17. The first-order valence-electron chi connectivity index (χ1n) is 12.8. The van der Waals surface area contributed by atoms with Crippen LogP contribution >= 0.6 is 11.6 Å². The second-order valence-electron chi connectivity index (χ2n) is 10.1. The largest absolute Gasteiger partial charge is 0.459 e. The molecule has 6 rings (SSSR count). The van der Waals surface area contributed by atoms with Crippen molar-refractivity contribution in [3.05, 3.63) is 59.5 Å². The molecule has 3 aromatic rings. The van der Waals surface area contributed by atoms with Gasteiger partial charge in [0.15, 0.2) is 18.0 Å². The number of carbonyl (C=O) groups excluding carboxylic acids is 2. The van der Waals surface area contributed by atoms with E-state index in [0.717, 1.165) is 24.3 Å². The summed E-state index contributed by atoms with van der Waals surface area (Å²) in [5.41, 5.74) is 1.35. The van der Waals surface area contributed by atoms with E-state index in [0.29, 0.717) is 28.6 Å². The molecule has 1 aromatic carbocycles. The highest BCUT2D eigenvalue weighted by atomic mass is 35.5. The minimum absolute atomic E-state index is 0.0977. The van der Waals surface area contributed by atoms with E-state index in [2.05, 4.69) is 26.5 Å². The Hall–Kier alpha value is -3.50. The van der Waals surface area contributed by atoms with Gasteiger partial charge in [-0.1, -0.05) is 31.2 Å². The maximum atomic E-state index is 12.5. The predicted octanol–water partition coefficient (Wildman–Crippen LogP) is 3.96. The van der Waals surface area contributed by atoms with Crippen molar-refractivity contribution in [2.75, 3.05) is 24.6 Å². The number of halogens is 1. The second kappa shape index (κ2) is 9.99. The molecule has 0 bridgehead atoms. The number of nitrogens with zero attached hydrogens (tertiary/aromatic N) is 5. The third kappa shape index (κ3) is 4.52. The number of rotatable bonds is 6. The lowest BCUT2D eigenvalue weighted by Gasteiger charge is -2.21. The quantitative estimate of drug-likeness (QED) is 0.262. The number of hydrogen-bond acceptors (Lipinski definition) is 9. The summed E-state index contributed by atoms with van der Waals surface area (Å²) in [5, 5.41) is 5.39. The number of aromatic nitrogens is 4. The minimum Gasteiger partial charge on any atom is -0.459 e. The SMILES string of the molecule is C=C1[C@@H](OC(C)=O)[C@H](n2ncc3c(N4C[C@H]5CCC[C@H]5C4)nc(Cl)nc32)O[C@@H]1COC(=O)c1ccccc1. The molecule has 0 amide bonds. The van der Waals surface area contributed by atoms with E-state index in [1.807, 2.05) is 6.07 Å². The van der Waals surface area contributed by atoms with Crippen LogP contribution in [0.15, 0.2) is 48.7 Å². The number of carbonyl (C=O) groups is 2. The molecule has 0 N–H and O–H groups in total. The van der Waals surface area contributed by atoms with Crippen LogP contribution in [0.4, 0.5) is 5.82 Å². The van der Waals surface area contributed by atoms with Crippen LogP contribution in [0.2, 0.25) is 5.28 Å². The van der Waals surface area contributed by atoms with Crippen LogP contribution in [0, 0.1) is 11.8 Å². The van der Waals surface area contributed by atoms with E-state index in [1.54, 1.807) is 35.1 Å². The van der Waals surface area contributed by atoms with E-state index in [9.17, 15) is 9.59 Å². The molecule has 11 heteroatoms.